The number of carbonyl (C=O) groups is 1. The molecule has 1 amide bonds. The number of hydrogen-bond donors (Lipinski definition) is 1. The summed E-state index contributed by atoms with van der Waals surface area (Å²) in [5, 5.41) is 2.74. The van der Waals surface area contributed by atoms with Crippen LogP contribution in [0.15, 0.2) is 59.3 Å². The minimum Gasteiger partial charge on any atom is -0.445 e. The number of rotatable bonds is 5. The van der Waals surface area contributed by atoms with E-state index in [-0.39, 0.29) is 6.61 Å². The molecule has 3 aromatic rings. The zero-order valence-corrected chi connectivity index (χ0v) is 12.0. The molecule has 2 aromatic carbocycles. The van der Waals surface area contributed by atoms with Gasteiger partial charge in [0.25, 0.3) is 0 Å². The van der Waals surface area contributed by atoms with Crippen LogP contribution in [0.3, 0.4) is 0 Å². The van der Waals surface area contributed by atoms with Gasteiger partial charge in [0.05, 0.1) is 0 Å². The first kappa shape index (κ1) is 14.1. The molecule has 22 heavy (non-hydrogen) atoms. The number of nitrogens with one attached hydrogen (secondary N) is 1. The van der Waals surface area contributed by atoms with Gasteiger partial charge >= 0.3 is 6.09 Å². The average Bonchev–Trinajstić information content (AvgIpc) is 3.02. The van der Waals surface area contributed by atoms with E-state index >= 15 is 0 Å². The highest BCUT2D eigenvalue weighted by Crippen LogP contribution is 2.14. The highest BCUT2D eigenvalue weighted by molar-refractivity contribution is 5.72. The van der Waals surface area contributed by atoms with Crippen molar-refractivity contribution in [1.29, 1.82) is 0 Å². The van der Waals surface area contributed by atoms with Crippen molar-refractivity contribution >= 4 is 17.2 Å². The number of oxazole rings is 1. The molecule has 0 spiro atoms. The Morgan fingerprint density at radius 1 is 1.14 bits per heavy atom. The van der Waals surface area contributed by atoms with Crippen molar-refractivity contribution in [2.45, 2.75) is 13.0 Å². The molecule has 0 saturated carbocycles. The van der Waals surface area contributed by atoms with E-state index in [0.717, 1.165) is 22.2 Å². The van der Waals surface area contributed by atoms with Crippen LogP contribution in [0.1, 0.15) is 11.1 Å². The zero-order chi connectivity index (χ0) is 15.2. The van der Waals surface area contributed by atoms with Crippen molar-refractivity contribution < 1.29 is 13.9 Å². The first-order valence-electron chi connectivity index (χ1n) is 7.08. The molecule has 1 heterocycles. The molecule has 1 N–H and O–H groups in total. The summed E-state index contributed by atoms with van der Waals surface area (Å²) in [5.41, 5.74) is 3.64. The van der Waals surface area contributed by atoms with Crippen LogP contribution >= 0.6 is 0 Å². The van der Waals surface area contributed by atoms with Gasteiger partial charge < -0.3 is 14.5 Å². The molecule has 0 aliphatic carbocycles. The molecule has 112 valence electrons. The van der Waals surface area contributed by atoms with Gasteiger partial charge in [-0.05, 0) is 29.7 Å². The Kier molecular flexibility index (Phi) is 4.34. The summed E-state index contributed by atoms with van der Waals surface area (Å²) in [6.45, 7) is 0.786. The highest BCUT2D eigenvalue weighted by atomic mass is 16.5. The third-order valence-corrected chi connectivity index (χ3v) is 3.29. The van der Waals surface area contributed by atoms with Gasteiger partial charge in [-0.3, -0.25) is 0 Å². The Balaban J connectivity index is 1.43. The molecule has 0 aliphatic rings. The van der Waals surface area contributed by atoms with E-state index in [1.54, 1.807) is 0 Å². The van der Waals surface area contributed by atoms with Crippen molar-refractivity contribution in [2.75, 3.05) is 6.54 Å². The van der Waals surface area contributed by atoms with E-state index in [1.807, 2.05) is 48.5 Å². The predicted octanol–water partition coefficient (Wildman–Crippen LogP) is 3.30. The lowest BCUT2D eigenvalue weighted by atomic mass is 10.1. The maximum Gasteiger partial charge on any atom is 0.407 e. The predicted molar refractivity (Wildman–Crippen MR) is 82.3 cm³/mol. The molecule has 1 aromatic heterocycles. The Labute approximate surface area is 127 Å². The molecule has 0 bridgehead atoms. The minimum atomic E-state index is -0.411. The first-order valence-corrected chi connectivity index (χ1v) is 7.08. The molecule has 0 saturated heterocycles. The summed E-state index contributed by atoms with van der Waals surface area (Å²) in [6.07, 6.45) is 1.73. The Morgan fingerprint density at radius 3 is 2.86 bits per heavy atom. The standard InChI is InChI=1S/C17H16N2O3/c20-17(21-11-14-4-2-1-3-5-14)18-9-8-13-6-7-16-15(10-13)19-12-22-16/h1-7,10,12H,8-9,11H2,(H,18,20). The summed E-state index contributed by atoms with van der Waals surface area (Å²) >= 11 is 0. The minimum absolute atomic E-state index is 0.275. The van der Waals surface area contributed by atoms with Crippen LogP contribution in [0.2, 0.25) is 0 Å². The number of alkyl carbamates (subject to hydrolysis) is 1. The average molecular weight is 296 g/mol. The molecule has 0 fully saturated rings. The second-order valence-electron chi connectivity index (χ2n) is 4.89. The van der Waals surface area contributed by atoms with E-state index in [2.05, 4.69) is 10.3 Å². The van der Waals surface area contributed by atoms with Crippen LogP contribution in [0.4, 0.5) is 4.79 Å². The molecule has 5 nitrogen and oxygen atoms in total. The van der Waals surface area contributed by atoms with Gasteiger partial charge in [-0.25, -0.2) is 9.78 Å². The maximum atomic E-state index is 11.6. The summed E-state index contributed by atoms with van der Waals surface area (Å²) < 4.78 is 10.3. The van der Waals surface area contributed by atoms with Gasteiger partial charge in [0.2, 0.25) is 0 Å². The quantitative estimate of drug-likeness (QED) is 0.784. The van der Waals surface area contributed by atoms with Crippen LogP contribution in [-0.2, 0) is 17.8 Å². The van der Waals surface area contributed by atoms with Gasteiger partial charge in [-0.1, -0.05) is 36.4 Å². The number of benzene rings is 2. The molecule has 3 rings (SSSR count). The largest absolute Gasteiger partial charge is 0.445 e. The topological polar surface area (TPSA) is 64.4 Å². The van der Waals surface area contributed by atoms with Gasteiger partial charge in [0.1, 0.15) is 12.1 Å². The number of fused-ring (bicyclic) bond motifs is 1. The fraction of sp³-hybridized carbons (Fsp3) is 0.176. The van der Waals surface area contributed by atoms with Crippen LogP contribution in [0.5, 0.6) is 0 Å². The van der Waals surface area contributed by atoms with Gasteiger partial charge in [0, 0.05) is 6.54 Å². The van der Waals surface area contributed by atoms with Gasteiger partial charge in [-0.2, -0.15) is 0 Å². The lowest BCUT2D eigenvalue weighted by Crippen LogP contribution is -2.26. The Hall–Kier alpha value is -2.82. The second kappa shape index (κ2) is 6.76. The van der Waals surface area contributed by atoms with Crippen molar-refractivity contribution in [3.05, 3.63) is 66.1 Å². The molecule has 5 heteroatoms. The van der Waals surface area contributed by atoms with Crippen molar-refractivity contribution in [1.82, 2.24) is 10.3 Å². The van der Waals surface area contributed by atoms with Gasteiger partial charge in [-0.15, -0.1) is 0 Å². The highest BCUT2D eigenvalue weighted by Gasteiger charge is 2.04. The molecular weight excluding hydrogens is 280 g/mol. The Bertz CT molecular complexity index is 753. The summed E-state index contributed by atoms with van der Waals surface area (Å²) in [4.78, 5) is 15.7. The van der Waals surface area contributed by atoms with Crippen LogP contribution < -0.4 is 5.32 Å². The summed E-state index contributed by atoms with van der Waals surface area (Å²) in [7, 11) is 0. The van der Waals surface area contributed by atoms with Crippen molar-refractivity contribution in [2.24, 2.45) is 0 Å². The van der Waals surface area contributed by atoms with Gasteiger partial charge in [0.15, 0.2) is 12.0 Å². The van der Waals surface area contributed by atoms with E-state index in [0.29, 0.717) is 13.0 Å². The molecule has 0 atom stereocenters. The number of hydrogen-bond acceptors (Lipinski definition) is 4. The first-order chi connectivity index (χ1) is 10.8. The number of carbonyl (C=O) groups excluding carboxylic acids is 1. The third-order valence-electron chi connectivity index (χ3n) is 3.29. The molecular formula is C17H16N2O3. The van der Waals surface area contributed by atoms with E-state index in [1.165, 1.54) is 6.39 Å². The van der Waals surface area contributed by atoms with E-state index in [4.69, 9.17) is 9.15 Å². The summed E-state index contributed by atoms with van der Waals surface area (Å²) in [6, 6.07) is 15.4. The zero-order valence-electron chi connectivity index (χ0n) is 12.0. The lowest BCUT2D eigenvalue weighted by molar-refractivity contribution is 0.140. The van der Waals surface area contributed by atoms with Crippen LogP contribution in [0.25, 0.3) is 11.1 Å². The monoisotopic (exact) mass is 296 g/mol. The van der Waals surface area contributed by atoms with E-state index in [9.17, 15) is 4.79 Å². The molecule has 0 radical (unpaired) electrons. The maximum absolute atomic E-state index is 11.6. The number of nitrogens with zero attached hydrogens (tertiary/aromatic N) is 1. The molecule has 0 unspecified atom stereocenters. The van der Waals surface area contributed by atoms with E-state index < -0.39 is 6.09 Å². The molecule has 0 aliphatic heterocycles. The van der Waals surface area contributed by atoms with Crippen molar-refractivity contribution in [3.8, 4) is 0 Å². The van der Waals surface area contributed by atoms with Crippen molar-refractivity contribution in [3.63, 3.8) is 0 Å². The normalized spacial score (nSPS) is 10.5. The van der Waals surface area contributed by atoms with Crippen LogP contribution in [-0.4, -0.2) is 17.6 Å². The summed E-state index contributed by atoms with van der Waals surface area (Å²) in [5.74, 6) is 0. The Morgan fingerprint density at radius 2 is 2.00 bits per heavy atom. The number of ether oxygens (including phenoxy) is 1. The van der Waals surface area contributed by atoms with Crippen LogP contribution in [0, 0.1) is 0 Å². The number of aromatic nitrogens is 1. The smallest absolute Gasteiger partial charge is 0.407 e. The SMILES string of the molecule is O=C(NCCc1ccc2ocnc2c1)OCc1ccccc1. The fourth-order valence-corrected chi connectivity index (χ4v) is 2.14. The number of amides is 1. The third kappa shape index (κ3) is 3.63. The fourth-order valence-electron chi connectivity index (χ4n) is 2.14. The lowest BCUT2D eigenvalue weighted by Gasteiger charge is -2.07. The second-order valence-corrected chi connectivity index (χ2v) is 4.89.